The summed E-state index contributed by atoms with van der Waals surface area (Å²) in [5.41, 5.74) is 1.47. The van der Waals surface area contributed by atoms with Crippen LogP contribution in [-0.2, 0) is 6.54 Å². The Balaban J connectivity index is 2.11. The topological polar surface area (TPSA) is 35.1 Å². The van der Waals surface area contributed by atoms with Crippen molar-refractivity contribution in [3.63, 3.8) is 0 Å². The third-order valence-electron chi connectivity index (χ3n) is 2.51. The van der Waals surface area contributed by atoms with Gasteiger partial charge in [0.05, 0.1) is 12.1 Å². The number of thiophene rings is 1. The average molecular weight is 310 g/mol. The molecule has 0 unspecified atom stereocenters. The quantitative estimate of drug-likeness (QED) is 0.726. The number of rotatable bonds is 2. The SMILES string of the molecule is O=c1oc2ccccc2n1Cc1cc(Br)cs1. The zero-order valence-corrected chi connectivity index (χ0v) is 11.1. The fourth-order valence-corrected chi connectivity index (χ4v) is 3.20. The van der Waals surface area contributed by atoms with Crippen LogP contribution in [0.25, 0.3) is 11.1 Å². The lowest BCUT2D eigenvalue weighted by Crippen LogP contribution is -2.14. The van der Waals surface area contributed by atoms with Gasteiger partial charge in [0.15, 0.2) is 5.58 Å². The third-order valence-corrected chi connectivity index (χ3v) is 4.19. The van der Waals surface area contributed by atoms with E-state index in [9.17, 15) is 4.79 Å². The van der Waals surface area contributed by atoms with Gasteiger partial charge in [0, 0.05) is 14.7 Å². The van der Waals surface area contributed by atoms with Crippen LogP contribution in [0.3, 0.4) is 0 Å². The molecule has 0 bridgehead atoms. The molecular formula is C12H8BrNO2S. The second-order valence-electron chi connectivity index (χ2n) is 3.65. The summed E-state index contributed by atoms with van der Waals surface area (Å²) >= 11 is 5.02. The maximum atomic E-state index is 11.7. The van der Waals surface area contributed by atoms with E-state index in [-0.39, 0.29) is 5.76 Å². The predicted octanol–water partition coefficient (Wildman–Crippen LogP) is 3.47. The molecule has 5 heteroatoms. The summed E-state index contributed by atoms with van der Waals surface area (Å²) in [6.45, 7) is 0.548. The van der Waals surface area contributed by atoms with Gasteiger partial charge in [0.25, 0.3) is 0 Å². The molecule has 86 valence electrons. The molecule has 0 aliphatic carbocycles. The Bertz CT molecular complexity index is 725. The molecule has 1 aromatic carbocycles. The minimum absolute atomic E-state index is 0.310. The van der Waals surface area contributed by atoms with E-state index in [2.05, 4.69) is 15.9 Å². The molecule has 2 heterocycles. The van der Waals surface area contributed by atoms with Crippen LogP contribution in [0.2, 0.25) is 0 Å². The van der Waals surface area contributed by atoms with E-state index >= 15 is 0 Å². The number of aromatic nitrogens is 1. The standard InChI is InChI=1S/C12H8BrNO2S/c13-8-5-9(17-7-8)6-14-10-3-1-2-4-11(10)16-12(14)15/h1-5,7H,6H2. The minimum Gasteiger partial charge on any atom is -0.408 e. The Kier molecular flexibility index (Phi) is 2.64. The monoisotopic (exact) mass is 309 g/mol. The molecule has 0 saturated carbocycles. The van der Waals surface area contributed by atoms with Crippen molar-refractivity contribution in [2.24, 2.45) is 0 Å². The van der Waals surface area contributed by atoms with E-state index < -0.39 is 0 Å². The first-order valence-electron chi connectivity index (χ1n) is 5.05. The summed E-state index contributed by atoms with van der Waals surface area (Å²) in [5.74, 6) is -0.310. The Morgan fingerprint density at radius 2 is 2.18 bits per heavy atom. The number of halogens is 1. The van der Waals surface area contributed by atoms with Crippen molar-refractivity contribution in [3.8, 4) is 0 Å². The van der Waals surface area contributed by atoms with Crippen molar-refractivity contribution in [3.05, 3.63) is 55.6 Å². The van der Waals surface area contributed by atoms with E-state index in [1.54, 1.807) is 22.0 Å². The molecule has 0 saturated heterocycles. The Labute approximate surface area is 109 Å². The third kappa shape index (κ3) is 1.96. The lowest BCUT2D eigenvalue weighted by atomic mass is 10.3. The molecular weight excluding hydrogens is 302 g/mol. The van der Waals surface area contributed by atoms with Gasteiger partial charge in [0.1, 0.15) is 0 Å². The normalized spacial score (nSPS) is 11.1. The highest BCUT2D eigenvalue weighted by Crippen LogP contribution is 2.21. The van der Waals surface area contributed by atoms with Gasteiger partial charge in [-0.25, -0.2) is 4.79 Å². The van der Waals surface area contributed by atoms with E-state index in [0.29, 0.717) is 12.1 Å². The number of hydrogen-bond donors (Lipinski definition) is 0. The Morgan fingerprint density at radius 1 is 1.35 bits per heavy atom. The summed E-state index contributed by atoms with van der Waals surface area (Å²) < 4.78 is 7.86. The number of oxazole rings is 1. The van der Waals surface area contributed by atoms with Crippen LogP contribution in [0.15, 0.2) is 49.4 Å². The highest BCUT2D eigenvalue weighted by atomic mass is 79.9. The van der Waals surface area contributed by atoms with Crippen LogP contribution >= 0.6 is 27.3 Å². The fourth-order valence-electron chi connectivity index (χ4n) is 1.76. The molecule has 0 atom stereocenters. The average Bonchev–Trinajstić information content (AvgIpc) is 2.85. The molecule has 17 heavy (non-hydrogen) atoms. The van der Waals surface area contributed by atoms with Crippen molar-refractivity contribution in [2.75, 3.05) is 0 Å². The maximum Gasteiger partial charge on any atom is 0.420 e. The van der Waals surface area contributed by atoms with Crippen LogP contribution in [0.4, 0.5) is 0 Å². The summed E-state index contributed by atoms with van der Waals surface area (Å²) in [6.07, 6.45) is 0. The van der Waals surface area contributed by atoms with Gasteiger partial charge in [-0.1, -0.05) is 12.1 Å². The number of hydrogen-bond acceptors (Lipinski definition) is 3. The molecule has 3 nitrogen and oxygen atoms in total. The van der Waals surface area contributed by atoms with Crippen molar-refractivity contribution < 1.29 is 4.42 Å². The first-order chi connectivity index (χ1) is 8.24. The summed E-state index contributed by atoms with van der Waals surface area (Å²) in [5, 5.41) is 2.00. The van der Waals surface area contributed by atoms with Crippen molar-refractivity contribution in [1.29, 1.82) is 0 Å². The molecule has 3 rings (SSSR count). The zero-order valence-electron chi connectivity index (χ0n) is 8.72. The number of nitrogens with zero attached hydrogens (tertiary/aromatic N) is 1. The Morgan fingerprint density at radius 3 is 2.94 bits per heavy atom. The van der Waals surface area contributed by atoms with Gasteiger partial charge in [-0.15, -0.1) is 11.3 Å². The molecule has 0 radical (unpaired) electrons. The zero-order chi connectivity index (χ0) is 11.8. The van der Waals surface area contributed by atoms with Gasteiger partial charge < -0.3 is 4.42 Å². The molecule has 2 aromatic heterocycles. The lowest BCUT2D eigenvalue weighted by Gasteiger charge is -1.98. The summed E-state index contributed by atoms with van der Waals surface area (Å²) in [4.78, 5) is 12.9. The highest BCUT2D eigenvalue weighted by molar-refractivity contribution is 9.10. The van der Waals surface area contributed by atoms with Crippen molar-refractivity contribution >= 4 is 38.4 Å². The Hall–Kier alpha value is -1.33. The van der Waals surface area contributed by atoms with Crippen LogP contribution in [0.5, 0.6) is 0 Å². The number of benzene rings is 1. The smallest absolute Gasteiger partial charge is 0.408 e. The molecule has 0 fully saturated rings. The first kappa shape index (κ1) is 10.8. The first-order valence-corrected chi connectivity index (χ1v) is 6.72. The van der Waals surface area contributed by atoms with E-state index in [4.69, 9.17) is 4.42 Å². The van der Waals surface area contributed by atoms with Gasteiger partial charge in [-0.3, -0.25) is 4.57 Å². The number of para-hydroxylation sites is 2. The second-order valence-corrected chi connectivity index (χ2v) is 5.56. The van der Waals surface area contributed by atoms with Crippen molar-refractivity contribution in [2.45, 2.75) is 6.54 Å². The highest BCUT2D eigenvalue weighted by Gasteiger charge is 2.09. The van der Waals surface area contributed by atoms with Crippen LogP contribution in [0.1, 0.15) is 4.88 Å². The fraction of sp³-hybridized carbons (Fsp3) is 0.0833. The van der Waals surface area contributed by atoms with Gasteiger partial charge in [0.2, 0.25) is 0 Å². The van der Waals surface area contributed by atoms with Gasteiger partial charge in [-0.05, 0) is 34.1 Å². The largest absolute Gasteiger partial charge is 0.420 e. The molecule has 0 spiro atoms. The molecule has 3 aromatic rings. The summed E-state index contributed by atoms with van der Waals surface area (Å²) in [7, 11) is 0. The minimum atomic E-state index is -0.310. The molecule has 0 aliphatic heterocycles. The molecule has 0 aliphatic rings. The van der Waals surface area contributed by atoms with Gasteiger partial charge in [-0.2, -0.15) is 0 Å². The van der Waals surface area contributed by atoms with E-state index in [1.165, 1.54) is 0 Å². The van der Waals surface area contributed by atoms with E-state index in [1.807, 2.05) is 29.6 Å². The van der Waals surface area contributed by atoms with E-state index in [0.717, 1.165) is 14.9 Å². The van der Waals surface area contributed by atoms with Crippen LogP contribution < -0.4 is 5.76 Å². The lowest BCUT2D eigenvalue weighted by molar-refractivity contribution is 0.518. The van der Waals surface area contributed by atoms with Crippen LogP contribution in [0, 0.1) is 0 Å². The van der Waals surface area contributed by atoms with Crippen molar-refractivity contribution in [1.82, 2.24) is 4.57 Å². The summed E-state index contributed by atoms with van der Waals surface area (Å²) in [6, 6.07) is 9.47. The number of fused-ring (bicyclic) bond motifs is 1. The van der Waals surface area contributed by atoms with Gasteiger partial charge >= 0.3 is 5.76 Å². The molecule has 0 amide bonds. The maximum absolute atomic E-state index is 11.7. The molecule has 0 N–H and O–H groups in total. The second kappa shape index (κ2) is 4.16. The van der Waals surface area contributed by atoms with Crippen LogP contribution in [-0.4, -0.2) is 4.57 Å². The predicted molar refractivity (Wildman–Crippen MR) is 71.6 cm³/mol.